The van der Waals surface area contributed by atoms with Crippen molar-refractivity contribution in [2.45, 2.75) is 6.42 Å². The van der Waals surface area contributed by atoms with Crippen molar-refractivity contribution in [3.63, 3.8) is 0 Å². The van der Waals surface area contributed by atoms with Crippen LogP contribution in [0.3, 0.4) is 0 Å². The second-order valence-electron chi connectivity index (χ2n) is 3.86. The maximum absolute atomic E-state index is 12.8. The van der Waals surface area contributed by atoms with Crippen LogP contribution >= 0.6 is 30.5 Å². The van der Waals surface area contributed by atoms with E-state index in [0.29, 0.717) is 0 Å². The van der Waals surface area contributed by atoms with Crippen LogP contribution in [0.25, 0.3) is 0 Å². The SMILES string of the molecule is Fc1ccc(Cc2c[c]([Mg][I])ccc2Cl)cc1. The van der Waals surface area contributed by atoms with Gasteiger partial charge in [-0.1, -0.05) is 35.9 Å². The Morgan fingerprint density at radius 2 is 1.82 bits per heavy atom. The van der Waals surface area contributed by atoms with Crippen LogP contribution in [0.2, 0.25) is 5.02 Å². The van der Waals surface area contributed by atoms with Crippen LogP contribution in [0, 0.1) is 5.82 Å². The minimum Gasteiger partial charge on any atom is -0.291 e. The first-order valence-corrected chi connectivity index (χ1v) is 11.5. The highest BCUT2D eigenvalue weighted by molar-refractivity contribution is 14.1. The van der Waals surface area contributed by atoms with E-state index in [-0.39, 0.29) is 22.3 Å². The van der Waals surface area contributed by atoms with Gasteiger partial charge in [0.15, 0.2) is 0 Å². The van der Waals surface area contributed by atoms with Gasteiger partial charge in [-0.2, -0.15) is 3.69 Å². The standard InChI is InChI=1S/C13H9ClF.HI.Mg/c14-13-4-2-1-3-11(13)9-10-5-7-12(15)8-6-10;;/h2-8H,9H2;1H;/q;;+1/p-1. The Labute approximate surface area is 125 Å². The number of rotatable bonds is 3. The van der Waals surface area contributed by atoms with Gasteiger partial charge in [-0.3, -0.25) is 18.9 Å². The fraction of sp³-hybridized carbons (Fsp3) is 0.0769. The molecule has 0 aliphatic heterocycles. The Kier molecular flexibility index (Phi) is 5.08. The van der Waals surface area contributed by atoms with E-state index in [9.17, 15) is 4.39 Å². The molecule has 0 spiro atoms. The Morgan fingerprint density at radius 1 is 1.12 bits per heavy atom. The molecular weight excluding hydrogens is 362 g/mol. The van der Waals surface area contributed by atoms with Crippen LogP contribution in [-0.4, -0.2) is 16.5 Å². The fourth-order valence-corrected chi connectivity index (χ4v) is 3.81. The third-order valence-electron chi connectivity index (χ3n) is 2.57. The Morgan fingerprint density at radius 3 is 2.47 bits per heavy atom. The molecule has 0 aromatic heterocycles. The van der Waals surface area contributed by atoms with Gasteiger partial charge in [0.25, 0.3) is 0 Å². The van der Waals surface area contributed by atoms with E-state index in [1.807, 2.05) is 6.07 Å². The van der Waals surface area contributed by atoms with Crippen molar-refractivity contribution in [1.29, 1.82) is 0 Å². The highest BCUT2D eigenvalue weighted by Crippen LogP contribution is 2.18. The summed E-state index contributed by atoms with van der Waals surface area (Å²) in [6.07, 6.45) is 0.762. The first-order chi connectivity index (χ1) is 8.19. The summed E-state index contributed by atoms with van der Waals surface area (Å²) in [6, 6.07) is 12.8. The van der Waals surface area contributed by atoms with Crippen LogP contribution < -0.4 is 3.69 Å². The van der Waals surface area contributed by atoms with E-state index >= 15 is 0 Å². The molecule has 0 fully saturated rings. The summed E-state index contributed by atoms with van der Waals surface area (Å²) in [5, 5.41) is 0.789. The molecule has 4 heteroatoms. The van der Waals surface area contributed by atoms with Crippen LogP contribution in [0.5, 0.6) is 0 Å². The first-order valence-electron chi connectivity index (χ1n) is 5.27. The molecule has 17 heavy (non-hydrogen) atoms. The average molecular weight is 371 g/mol. The normalized spacial score (nSPS) is 10.1. The van der Waals surface area contributed by atoms with Crippen molar-refractivity contribution in [2.75, 3.05) is 0 Å². The summed E-state index contributed by atoms with van der Waals surface area (Å²) in [7, 11) is 0. The van der Waals surface area contributed by atoms with E-state index in [0.717, 1.165) is 22.6 Å². The lowest BCUT2D eigenvalue weighted by Crippen LogP contribution is -2.09. The van der Waals surface area contributed by atoms with Gasteiger partial charge in [-0.25, -0.2) is 4.39 Å². The van der Waals surface area contributed by atoms with E-state index in [2.05, 4.69) is 31.0 Å². The van der Waals surface area contributed by atoms with Gasteiger partial charge in [0.1, 0.15) is 5.82 Å². The van der Waals surface area contributed by atoms with Gasteiger partial charge in [0.2, 0.25) is 0 Å². The first kappa shape index (κ1) is 13.6. The van der Waals surface area contributed by atoms with Crippen molar-refractivity contribution < 1.29 is 4.39 Å². The van der Waals surface area contributed by atoms with Gasteiger partial charge >= 0.3 is 16.5 Å². The van der Waals surface area contributed by atoms with Crippen LogP contribution in [0.4, 0.5) is 4.39 Å². The summed E-state index contributed by atoms with van der Waals surface area (Å²) in [6.45, 7) is 0. The van der Waals surface area contributed by atoms with Crippen molar-refractivity contribution >= 4 is 50.6 Å². The third kappa shape index (κ3) is 3.81. The lowest BCUT2D eigenvalue weighted by atomic mass is 10.1. The van der Waals surface area contributed by atoms with Crippen molar-refractivity contribution in [3.05, 3.63) is 64.4 Å². The van der Waals surface area contributed by atoms with E-state index in [4.69, 9.17) is 11.6 Å². The smallest absolute Gasteiger partial charge is 0.291 e. The Balaban J connectivity index is 2.25. The highest BCUT2D eigenvalue weighted by Gasteiger charge is 2.04. The summed E-state index contributed by atoms with van der Waals surface area (Å²) in [4.78, 5) is 0. The number of benzene rings is 2. The van der Waals surface area contributed by atoms with Gasteiger partial charge in [0.05, 0.1) is 0 Å². The topological polar surface area (TPSA) is 0 Å². The Hall–Kier alpha value is 0.156. The molecule has 0 saturated carbocycles. The lowest BCUT2D eigenvalue weighted by molar-refractivity contribution is 0.627. The van der Waals surface area contributed by atoms with Gasteiger partial charge < -0.3 is 0 Å². The maximum Gasteiger partial charge on any atom is 0.502 e. The van der Waals surface area contributed by atoms with Gasteiger partial charge in [-0.05, 0) is 35.7 Å². The van der Waals surface area contributed by atoms with E-state index < -0.39 is 0 Å². The molecule has 0 atom stereocenters. The van der Waals surface area contributed by atoms with Gasteiger partial charge in [-0.15, -0.1) is 0 Å². The van der Waals surface area contributed by atoms with E-state index in [1.54, 1.807) is 12.1 Å². The monoisotopic (exact) mass is 370 g/mol. The second-order valence-corrected chi connectivity index (χ2v) is 7.64. The molecule has 0 amide bonds. The molecule has 0 nitrogen and oxygen atoms in total. The third-order valence-corrected chi connectivity index (χ3v) is 6.33. The Bertz CT molecular complexity index is 513. The molecular formula is C13H9ClFIMg. The molecule has 0 saturated heterocycles. The zero-order valence-corrected chi connectivity index (χ0v) is 13.4. The molecule has 0 N–H and O–H groups in total. The van der Waals surface area contributed by atoms with Crippen molar-refractivity contribution in [3.8, 4) is 0 Å². The molecule has 2 aromatic rings. The zero-order chi connectivity index (χ0) is 12.3. The summed E-state index contributed by atoms with van der Waals surface area (Å²) >= 11 is 8.45. The van der Waals surface area contributed by atoms with E-state index in [1.165, 1.54) is 15.8 Å². The molecule has 0 aliphatic carbocycles. The van der Waals surface area contributed by atoms with Crippen molar-refractivity contribution in [2.24, 2.45) is 0 Å². The molecule has 0 radical (unpaired) electrons. The minimum atomic E-state index is -0.201. The second kappa shape index (κ2) is 6.36. The largest absolute Gasteiger partial charge is 0.502 e. The predicted octanol–water partition coefficient (Wildman–Crippen LogP) is 3.75. The molecule has 2 rings (SSSR count). The predicted molar refractivity (Wildman–Crippen MR) is 80.1 cm³/mol. The fourth-order valence-electron chi connectivity index (χ4n) is 1.67. The average Bonchev–Trinajstić information content (AvgIpc) is 2.35. The quantitative estimate of drug-likeness (QED) is 0.570. The number of hydrogen-bond donors (Lipinski definition) is 0. The zero-order valence-electron chi connectivity index (χ0n) is 9.09. The molecule has 84 valence electrons. The molecule has 0 heterocycles. The maximum atomic E-state index is 12.8. The van der Waals surface area contributed by atoms with Crippen molar-refractivity contribution in [1.82, 2.24) is 0 Å². The van der Waals surface area contributed by atoms with Gasteiger partial charge in [0, 0.05) is 5.02 Å². The molecule has 0 unspecified atom stereocenters. The van der Waals surface area contributed by atoms with Crippen LogP contribution in [0.15, 0.2) is 42.5 Å². The molecule has 0 bridgehead atoms. The van der Waals surface area contributed by atoms with Crippen LogP contribution in [0.1, 0.15) is 11.1 Å². The summed E-state index contributed by atoms with van der Waals surface area (Å²) in [5.41, 5.74) is 2.21. The highest BCUT2D eigenvalue weighted by atomic mass is 127. The summed E-state index contributed by atoms with van der Waals surface area (Å²) in [5.74, 6) is -0.201. The minimum absolute atomic E-state index is 0.190. The summed E-state index contributed by atoms with van der Waals surface area (Å²) < 4.78 is 14.2. The number of hydrogen-bond acceptors (Lipinski definition) is 0. The molecule has 0 aliphatic rings. The lowest BCUT2D eigenvalue weighted by Gasteiger charge is -2.07. The number of halogens is 3. The van der Waals surface area contributed by atoms with Crippen LogP contribution in [-0.2, 0) is 6.42 Å². The molecule has 2 aromatic carbocycles.